The first-order valence-electron chi connectivity index (χ1n) is 8.96. The number of para-hydroxylation sites is 1. The van der Waals surface area contributed by atoms with Gasteiger partial charge in [0.1, 0.15) is 12.4 Å². The zero-order valence-corrected chi connectivity index (χ0v) is 18.7. The largest absolute Gasteiger partial charge is 0.489 e. The number of aromatic amines is 1. The molecule has 0 atom stereocenters. The summed E-state index contributed by atoms with van der Waals surface area (Å²) in [6.07, 6.45) is 1.45. The highest BCUT2D eigenvalue weighted by molar-refractivity contribution is 9.11. The summed E-state index contributed by atoms with van der Waals surface area (Å²) in [6.45, 7) is 0.387. The smallest absolute Gasteiger partial charge is 0.349 e. The monoisotopic (exact) mass is 527 g/mol. The first kappa shape index (κ1) is 20.3. The lowest BCUT2D eigenvalue weighted by Crippen LogP contribution is -2.32. The van der Waals surface area contributed by atoms with Crippen molar-refractivity contribution in [2.24, 2.45) is 5.10 Å². The molecule has 0 bridgehead atoms. The third-order valence-corrected chi connectivity index (χ3v) is 5.61. The van der Waals surface area contributed by atoms with Crippen molar-refractivity contribution in [2.45, 2.75) is 6.61 Å². The van der Waals surface area contributed by atoms with Crippen molar-refractivity contribution in [1.82, 2.24) is 9.66 Å². The van der Waals surface area contributed by atoms with Gasteiger partial charge < -0.3 is 9.72 Å². The molecule has 3 aromatic carbocycles. The van der Waals surface area contributed by atoms with Crippen LogP contribution in [0.2, 0.25) is 0 Å². The molecule has 0 aliphatic rings. The molecule has 6 nitrogen and oxygen atoms in total. The third kappa shape index (κ3) is 4.44. The van der Waals surface area contributed by atoms with Gasteiger partial charge in [0.15, 0.2) is 0 Å². The van der Waals surface area contributed by atoms with E-state index in [1.165, 1.54) is 6.21 Å². The summed E-state index contributed by atoms with van der Waals surface area (Å²) >= 11 is 6.95. The number of benzene rings is 3. The summed E-state index contributed by atoms with van der Waals surface area (Å²) in [6, 6.07) is 19.9. The average molecular weight is 529 g/mol. The van der Waals surface area contributed by atoms with Crippen LogP contribution in [-0.2, 0) is 6.61 Å². The number of rotatable bonds is 5. The van der Waals surface area contributed by atoms with Crippen LogP contribution in [0.1, 0.15) is 11.1 Å². The van der Waals surface area contributed by atoms with Crippen LogP contribution in [0.4, 0.5) is 0 Å². The maximum Gasteiger partial charge on any atom is 0.349 e. The van der Waals surface area contributed by atoms with E-state index in [9.17, 15) is 9.59 Å². The number of ether oxygens (including phenoxy) is 1. The van der Waals surface area contributed by atoms with E-state index in [0.29, 0.717) is 28.8 Å². The predicted octanol–water partition coefficient (Wildman–Crippen LogP) is 4.68. The Bertz CT molecular complexity index is 1380. The number of nitrogens with one attached hydrogen (secondary N) is 1. The van der Waals surface area contributed by atoms with Crippen molar-refractivity contribution in [3.05, 3.63) is 108 Å². The molecule has 0 aliphatic carbocycles. The van der Waals surface area contributed by atoms with Gasteiger partial charge in [0.2, 0.25) is 0 Å². The van der Waals surface area contributed by atoms with Crippen LogP contribution in [0, 0.1) is 0 Å². The maximum absolute atomic E-state index is 12.5. The molecule has 0 amide bonds. The summed E-state index contributed by atoms with van der Waals surface area (Å²) in [5, 5.41) is 4.47. The lowest BCUT2D eigenvalue weighted by Gasteiger charge is -2.09. The fourth-order valence-corrected chi connectivity index (χ4v) is 4.03. The molecular formula is C22H15Br2N3O3. The summed E-state index contributed by atoms with van der Waals surface area (Å²) in [7, 11) is 0. The molecule has 0 spiro atoms. The van der Waals surface area contributed by atoms with Crippen LogP contribution < -0.4 is 16.0 Å². The molecule has 0 saturated heterocycles. The van der Waals surface area contributed by atoms with E-state index in [-0.39, 0.29) is 0 Å². The van der Waals surface area contributed by atoms with Crippen LogP contribution in [0.15, 0.2) is 90.4 Å². The second-order valence-corrected chi connectivity index (χ2v) is 8.20. The molecule has 1 N–H and O–H groups in total. The highest BCUT2D eigenvalue weighted by Gasteiger charge is 2.06. The summed E-state index contributed by atoms with van der Waals surface area (Å²) in [4.78, 5) is 27.4. The van der Waals surface area contributed by atoms with E-state index in [2.05, 4.69) is 41.9 Å². The molecule has 0 unspecified atom stereocenters. The van der Waals surface area contributed by atoms with Crippen molar-refractivity contribution in [3.63, 3.8) is 0 Å². The van der Waals surface area contributed by atoms with Crippen molar-refractivity contribution in [1.29, 1.82) is 0 Å². The van der Waals surface area contributed by atoms with E-state index in [4.69, 9.17) is 4.74 Å². The van der Waals surface area contributed by atoms with E-state index < -0.39 is 11.2 Å². The van der Waals surface area contributed by atoms with E-state index in [0.717, 1.165) is 19.2 Å². The number of nitrogens with zero attached hydrogens (tertiary/aromatic N) is 2. The van der Waals surface area contributed by atoms with Crippen LogP contribution in [0.3, 0.4) is 0 Å². The highest BCUT2D eigenvalue weighted by atomic mass is 79.9. The Kier molecular flexibility index (Phi) is 5.96. The van der Waals surface area contributed by atoms with Crippen molar-refractivity contribution in [3.8, 4) is 5.75 Å². The molecule has 1 aromatic heterocycles. The van der Waals surface area contributed by atoms with Gasteiger partial charge >= 0.3 is 5.69 Å². The summed E-state index contributed by atoms with van der Waals surface area (Å²) in [5.41, 5.74) is 1.11. The highest BCUT2D eigenvalue weighted by Crippen LogP contribution is 2.23. The minimum absolute atomic E-state index is 0.387. The van der Waals surface area contributed by atoms with Gasteiger partial charge in [-0.15, -0.1) is 4.68 Å². The first-order valence-corrected chi connectivity index (χ1v) is 10.5. The van der Waals surface area contributed by atoms with Gasteiger partial charge in [-0.3, -0.25) is 4.79 Å². The second kappa shape index (κ2) is 8.81. The average Bonchev–Trinajstić information content (AvgIpc) is 2.73. The topological polar surface area (TPSA) is 76.5 Å². The molecule has 8 heteroatoms. The molecule has 0 aliphatic heterocycles. The molecule has 1 heterocycles. The number of H-pyrrole nitrogens is 1. The molecular weight excluding hydrogens is 514 g/mol. The van der Waals surface area contributed by atoms with Gasteiger partial charge in [0.05, 0.1) is 17.1 Å². The Morgan fingerprint density at radius 3 is 2.67 bits per heavy atom. The lowest BCUT2D eigenvalue weighted by molar-refractivity contribution is 0.305. The minimum Gasteiger partial charge on any atom is -0.489 e. The molecule has 0 saturated carbocycles. The second-order valence-electron chi connectivity index (χ2n) is 6.43. The number of aromatic nitrogens is 2. The van der Waals surface area contributed by atoms with Gasteiger partial charge in [-0.25, -0.2) is 4.79 Å². The SMILES string of the molecule is O=c1[nH]c2ccccc2c(=O)n1N=Cc1cccc(OCc2ccc(Br)cc2Br)c1. The van der Waals surface area contributed by atoms with Gasteiger partial charge in [0, 0.05) is 14.5 Å². The Labute approximate surface area is 188 Å². The van der Waals surface area contributed by atoms with Gasteiger partial charge in [-0.2, -0.15) is 5.10 Å². The fourth-order valence-electron chi connectivity index (χ4n) is 2.87. The Balaban J connectivity index is 1.56. The van der Waals surface area contributed by atoms with Gasteiger partial charge in [0.25, 0.3) is 5.56 Å². The standard InChI is InChI=1S/C22H15Br2N3O3/c23-16-9-8-15(19(24)11-16)13-30-17-5-3-4-14(10-17)12-25-27-21(28)18-6-1-2-7-20(18)26-22(27)29/h1-12H,13H2,(H,26,29). The number of hydrogen-bond acceptors (Lipinski definition) is 4. The zero-order valence-electron chi connectivity index (χ0n) is 15.5. The Hall–Kier alpha value is -2.97. The van der Waals surface area contributed by atoms with E-state index in [1.54, 1.807) is 30.3 Å². The molecule has 0 fully saturated rings. The zero-order chi connectivity index (χ0) is 21.1. The number of hydrogen-bond donors (Lipinski definition) is 1. The summed E-state index contributed by atoms with van der Waals surface area (Å²) in [5.74, 6) is 0.647. The van der Waals surface area contributed by atoms with Crippen molar-refractivity contribution in [2.75, 3.05) is 0 Å². The quantitative estimate of drug-likeness (QED) is 0.382. The summed E-state index contributed by atoms with van der Waals surface area (Å²) < 4.78 is 8.61. The molecule has 4 aromatic rings. The Morgan fingerprint density at radius 2 is 1.83 bits per heavy atom. The van der Waals surface area contributed by atoms with E-state index >= 15 is 0 Å². The molecule has 4 rings (SSSR count). The van der Waals surface area contributed by atoms with Crippen LogP contribution in [-0.4, -0.2) is 15.9 Å². The van der Waals surface area contributed by atoms with Gasteiger partial charge in [-0.05, 0) is 42.0 Å². The Morgan fingerprint density at radius 1 is 1.00 bits per heavy atom. The molecule has 0 radical (unpaired) electrons. The number of halogens is 2. The van der Waals surface area contributed by atoms with Crippen LogP contribution >= 0.6 is 31.9 Å². The molecule has 150 valence electrons. The van der Waals surface area contributed by atoms with Crippen molar-refractivity contribution >= 4 is 49.0 Å². The molecule has 30 heavy (non-hydrogen) atoms. The number of fused-ring (bicyclic) bond motifs is 1. The van der Waals surface area contributed by atoms with Crippen LogP contribution in [0.5, 0.6) is 5.75 Å². The normalized spacial score (nSPS) is 11.3. The predicted molar refractivity (Wildman–Crippen MR) is 124 cm³/mol. The van der Waals surface area contributed by atoms with Crippen LogP contribution in [0.25, 0.3) is 10.9 Å². The lowest BCUT2D eigenvalue weighted by atomic mass is 10.2. The third-order valence-electron chi connectivity index (χ3n) is 4.37. The maximum atomic E-state index is 12.5. The van der Waals surface area contributed by atoms with Crippen molar-refractivity contribution < 1.29 is 4.74 Å². The first-order chi connectivity index (χ1) is 14.5. The van der Waals surface area contributed by atoms with E-state index in [1.807, 2.05) is 36.4 Å². The fraction of sp³-hybridized carbons (Fsp3) is 0.0455. The van der Waals surface area contributed by atoms with Gasteiger partial charge in [-0.1, -0.05) is 62.2 Å². The minimum atomic E-state index is -0.595.